The van der Waals surface area contributed by atoms with Crippen LogP contribution >= 0.6 is 11.3 Å². The maximum Gasteiger partial charge on any atom is 0.220 e. The van der Waals surface area contributed by atoms with E-state index in [1.165, 1.54) is 29.7 Å². The fourth-order valence-electron chi connectivity index (χ4n) is 2.83. The Labute approximate surface area is 173 Å². The van der Waals surface area contributed by atoms with Crippen LogP contribution in [0.3, 0.4) is 0 Å². The molecule has 0 aliphatic heterocycles. The van der Waals surface area contributed by atoms with E-state index in [2.05, 4.69) is 10.3 Å². The van der Waals surface area contributed by atoms with Gasteiger partial charge in [-0.3, -0.25) is 14.6 Å². The van der Waals surface area contributed by atoms with Gasteiger partial charge in [0.25, 0.3) is 0 Å². The van der Waals surface area contributed by atoms with Crippen LogP contribution < -0.4 is 5.32 Å². The van der Waals surface area contributed by atoms with Gasteiger partial charge in [0.15, 0.2) is 15.6 Å². The lowest BCUT2D eigenvalue weighted by molar-refractivity contribution is -0.121. The number of rotatable bonds is 9. The highest BCUT2D eigenvalue weighted by Crippen LogP contribution is 2.28. The van der Waals surface area contributed by atoms with Crippen molar-refractivity contribution in [2.75, 3.05) is 6.54 Å². The molecule has 0 saturated heterocycles. The molecule has 0 aliphatic carbocycles. The van der Waals surface area contributed by atoms with Gasteiger partial charge in [0.1, 0.15) is 5.25 Å². The molecule has 1 aromatic carbocycles. The quantitative estimate of drug-likeness (QED) is 0.527. The minimum absolute atomic E-state index is 0.00186. The van der Waals surface area contributed by atoms with Crippen molar-refractivity contribution in [2.45, 2.75) is 23.0 Å². The largest absolute Gasteiger partial charge is 0.354 e. The molecule has 2 aromatic heterocycles. The van der Waals surface area contributed by atoms with E-state index in [0.717, 1.165) is 0 Å². The summed E-state index contributed by atoms with van der Waals surface area (Å²) in [5.41, 5.74) is 0.492. The van der Waals surface area contributed by atoms with Gasteiger partial charge in [-0.15, -0.1) is 11.3 Å². The lowest BCUT2D eigenvalue weighted by Gasteiger charge is -2.18. The first-order chi connectivity index (χ1) is 14.0. The Morgan fingerprint density at radius 2 is 1.79 bits per heavy atom. The standard InChI is InChI=1S/C21H20N2O4S2/c24-18(19-9-5-13-28-19)10-11-21(25)23-15-20(16-6-4-12-22-14-16)29(26,27)17-7-2-1-3-8-17/h1-9,12-14,20H,10-11,15H2,(H,23,25)/t20-/m1/s1. The number of aromatic nitrogens is 1. The lowest BCUT2D eigenvalue weighted by atomic mass is 10.1. The number of carbonyl (C=O) groups excluding carboxylic acids is 2. The van der Waals surface area contributed by atoms with E-state index in [4.69, 9.17) is 0 Å². The van der Waals surface area contributed by atoms with Gasteiger partial charge >= 0.3 is 0 Å². The first-order valence-corrected chi connectivity index (χ1v) is 11.4. The van der Waals surface area contributed by atoms with Crippen molar-refractivity contribution in [1.82, 2.24) is 10.3 Å². The number of pyridine rings is 1. The molecule has 1 N–H and O–H groups in total. The zero-order valence-electron chi connectivity index (χ0n) is 15.5. The topological polar surface area (TPSA) is 93.2 Å². The number of ketones is 1. The number of carbonyl (C=O) groups is 2. The number of sulfone groups is 1. The van der Waals surface area contributed by atoms with Gasteiger partial charge in [-0.1, -0.05) is 30.3 Å². The molecule has 0 aliphatic rings. The molecule has 29 heavy (non-hydrogen) atoms. The molecule has 6 nitrogen and oxygen atoms in total. The Hall–Kier alpha value is -2.84. The third-order valence-corrected chi connectivity index (χ3v) is 7.39. The molecule has 0 fully saturated rings. The fourth-order valence-corrected chi connectivity index (χ4v) is 5.19. The predicted octanol–water partition coefficient (Wildman–Crippen LogP) is 3.44. The number of hydrogen-bond donors (Lipinski definition) is 1. The van der Waals surface area contributed by atoms with Crippen molar-refractivity contribution in [3.8, 4) is 0 Å². The van der Waals surface area contributed by atoms with Crippen LogP contribution in [0.5, 0.6) is 0 Å². The second-order valence-corrected chi connectivity index (χ2v) is 9.42. The van der Waals surface area contributed by atoms with Crippen molar-refractivity contribution >= 4 is 32.9 Å². The smallest absolute Gasteiger partial charge is 0.220 e. The molecule has 1 atom stereocenters. The number of thiophene rings is 1. The minimum atomic E-state index is -3.74. The highest BCUT2D eigenvalue weighted by atomic mass is 32.2. The average Bonchev–Trinajstić information content (AvgIpc) is 3.28. The Morgan fingerprint density at radius 1 is 1.00 bits per heavy atom. The highest BCUT2D eigenvalue weighted by Gasteiger charge is 2.29. The number of benzene rings is 1. The predicted molar refractivity (Wildman–Crippen MR) is 111 cm³/mol. The van der Waals surface area contributed by atoms with Crippen molar-refractivity contribution in [1.29, 1.82) is 0 Å². The molecule has 2 heterocycles. The van der Waals surface area contributed by atoms with Gasteiger partial charge in [-0.05, 0) is 35.2 Å². The Balaban J connectivity index is 1.69. The molecule has 0 spiro atoms. The maximum atomic E-state index is 13.1. The van der Waals surface area contributed by atoms with Gasteiger partial charge in [-0.25, -0.2) is 8.42 Å². The molecular weight excluding hydrogens is 408 g/mol. The van der Waals surface area contributed by atoms with Crippen molar-refractivity contribution < 1.29 is 18.0 Å². The van der Waals surface area contributed by atoms with Crippen molar-refractivity contribution in [3.63, 3.8) is 0 Å². The van der Waals surface area contributed by atoms with Gasteiger partial charge in [0, 0.05) is 31.8 Å². The zero-order valence-corrected chi connectivity index (χ0v) is 17.2. The molecule has 1 amide bonds. The third kappa shape index (κ3) is 5.36. The monoisotopic (exact) mass is 428 g/mol. The molecule has 0 unspecified atom stereocenters. The Kier molecular flexibility index (Phi) is 6.90. The first-order valence-electron chi connectivity index (χ1n) is 9.01. The van der Waals surface area contributed by atoms with Crippen LogP contribution in [-0.2, 0) is 14.6 Å². The molecule has 0 bridgehead atoms. The van der Waals surface area contributed by atoms with Gasteiger partial charge < -0.3 is 5.32 Å². The van der Waals surface area contributed by atoms with Crippen LogP contribution in [0.2, 0.25) is 0 Å². The fraction of sp³-hybridized carbons (Fsp3) is 0.190. The van der Waals surface area contributed by atoms with Gasteiger partial charge in [-0.2, -0.15) is 0 Å². The Morgan fingerprint density at radius 3 is 2.45 bits per heavy atom. The first kappa shape index (κ1) is 20.9. The van der Waals surface area contributed by atoms with Crippen LogP contribution in [0.4, 0.5) is 0 Å². The summed E-state index contributed by atoms with van der Waals surface area (Å²) < 4.78 is 26.3. The van der Waals surface area contributed by atoms with Crippen molar-refractivity contribution in [3.05, 3.63) is 82.8 Å². The number of nitrogens with one attached hydrogen (secondary N) is 1. The summed E-state index contributed by atoms with van der Waals surface area (Å²) in [6.07, 6.45) is 3.12. The molecule has 3 aromatic rings. The molecule has 150 valence electrons. The number of nitrogens with zero attached hydrogens (tertiary/aromatic N) is 1. The maximum absolute atomic E-state index is 13.1. The molecular formula is C21H20N2O4S2. The molecule has 3 rings (SSSR count). The van der Waals surface area contributed by atoms with Crippen LogP contribution in [0, 0.1) is 0 Å². The lowest BCUT2D eigenvalue weighted by Crippen LogP contribution is -2.32. The van der Waals surface area contributed by atoms with Crippen LogP contribution in [0.15, 0.2) is 77.3 Å². The van der Waals surface area contributed by atoms with Crippen molar-refractivity contribution in [2.24, 2.45) is 0 Å². The summed E-state index contributed by atoms with van der Waals surface area (Å²) in [6.45, 7) is -0.102. The van der Waals surface area contributed by atoms with E-state index in [1.54, 1.807) is 54.0 Å². The normalized spacial score (nSPS) is 12.3. The summed E-state index contributed by atoms with van der Waals surface area (Å²) in [6, 6.07) is 14.9. The minimum Gasteiger partial charge on any atom is -0.354 e. The summed E-state index contributed by atoms with van der Waals surface area (Å²) >= 11 is 1.33. The van der Waals surface area contributed by atoms with E-state index in [1.807, 2.05) is 0 Å². The van der Waals surface area contributed by atoms with Crippen LogP contribution in [0.25, 0.3) is 0 Å². The van der Waals surface area contributed by atoms with E-state index in [-0.39, 0.29) is 36.0 Å². The van der Waals surface area contributed by atoms with Gasteiger partial charge in [0.2, 0.25) is 5.91 Å². The SMILES string of the molecule is O=C(CCC(=O)c1cccs1)NC[C@H](c1cccnc1)S(=O)(=O)c1ccccc1. The average molecular weight is 429 g/mol. The Bertz CT molecular complexity index is 1050. The van der Waals surface area contributed by atoms with E-state index >= 15 is 0 Å². The number of hydrogen-bond acceptors (Lipinski definition) is 6. The zero-order chi connectivity index (χ0) is 20.7. The highest BCUT2D eigenvalue weighted by molar-refractivity contribution is 7.91. The van der Waals surface area contributed by atoms with E-state index in [0.29, 0.717) is 10.4 Å². The molecule has 8 heteroatoms. The summed E-state index contributed by atoms with van der Waals surface area (Å²) in [5.74, 6) is -0.470. The van der Waals surface area contributed by atoms with Crippen LogP contribution in [-0.4, -0.2) is 31.6 Å². The molecule has 0 saturated carbocycles. The molecule has 0 radical (unpaired) electrons. The number of Topliss-reactive ketones (excluding diaryl/α,β-unsaturated/α-hetero) is 1. The third-order valence-electron chi connectivity index (χ3n) is 4.36. The second kappa shape index (κ2) is 9.58. The second-order valence-electron chi connectivity index (χ2n) is 6.34. The van der Waals surface area contributed by atoms with E-state index in [9.17, 15) is 18.0 Å². The van der Waals surface area contributed by atoms with E-state index < -0.39 is 15.1 Å². The van der Waals surface area contributed by atoms with Gasteiger partial charge in [0.05, 0.1) is 9.77 Å². The summed E-state index contributed by atoms with van der Waals surface area (Å²) in [5, 5.41) is 3.49. The summed E-state index contributed by atoms with van der Waals surface area (Å²) in [7, 11) is -3.74. The van der Waals surface area contributed by atoms with Crippen LogP contribution in [0.1, 0.15) is 33.3 Å². The number of amides is 1. The summed E-state index contributed by atoms with van der Waals surface area (Å²) in [4.78, 5) is 29.1.